The molecule has 1 aromatic carbocycles. The summed E-state index contributed by atoms with van der Waals surface area (Å²) in [5.74, 6) is 0. The summed E-state index contributed by atoms with van der Waals surface area (Å²) in [6.07, 6.45) is 4.34. The third-order valence-corrected chi connectivity index (χ3v) is 3.04. The smallest absolute Gasteiger partial charge is 0.129 e. The highest BCUT2D eigenvalue weighted by Crippen LogP contribution is 2.10. The van der Waals surface area contributed by atoms with Gasteiger partial charge in [0.25, 0.3) is 0 Å². The third kappa shape index (κ3) is 3.79. The molecule has 0 N–H and O–H groups in total. The van der Waals surface area contributed by atoms with Gasteiger partial charge in [0.15, 0.2) is 0 Å². The maximum atomic E-state index is 5.72. The van der Waals surface area contributed by atoms with Gasteiger partial charge in [-0.25, -0.2) is 0 Å². The summed E-state index contributed by atoms with van der Waals surface area (Å²) in [6, 6.07) is 7.65. The summed E-state index contributed by atoms with van der Waals surface area (Å²) in [5.41, 5.74) is 3.93. The number of benzene rings is 1. The first kappa shape index (κ1) is 10.5. The van der Waals surface area contributed by atoms with Crippen molar-refractivity contribution in [3.05, 3.63) is 41.0 Å². The number of hydrogen-bond acceptors (Lipinski definition) is 0. The van der Waals surface area contributed by atoms with Crippen molar-refractivity contribution in [1.29, 1.82) is 0 Å². The molecule has 0 aliphatic carbocycles. The molecular weight excluding hydrogens is 196 g/mol. The van der Waals surface area contributed by atoms with Crippen LogP contribution in [0.25, 0.3) is 6.08 Å². The van der Waals surface area contributed by atoms with Crippen molar-refractivity contribution in [3.8, 4) is 0 Å². The van der Waals surface area contributed by atoms with E-state index in [1.54, 1.807) is 0 Å². The van der Waals surface area contributed by atoms with E-state index in [9.17, 15) is 0 Å². The molecule has 0 bridgehead atoms. The van der Waals surface area contributed by atoms with Crippen LogP contribution in [0.2, 0.25) is 6.04 Å². The summed E-state index contributed by atoms with van der Waals surface area (Å²) in [5, 5.41) is 0. The normalized spacial score (nSPS) is 11.9. The zero-order chi connectivity index (χ0) is 9.68. The molecule has 1 aromatic rings. The van der Waals surface area contributed by atoms with Crippen LogP contribution >= 0.6 is 11.1 Å². The highest BCUT2D eigenvalue weighted by atomic mass is 35.6. The summed E-state index contributed by atoms with van der Waals surface area (Å²) in [6.45, 7) is 4.25. The zero-order valence-corrected chi connectivity index (χ0v) is 10.3. The Morgan fingerprint density at radius 3 is 2.38 bits per heavy atom. The number of hydrogen-bond donors (Lipinski definition) is 0. The highest BCUT2D eigenvalue weighted by Gasteiger charge is 1.91. The van der Waals surface area contributed by atoms with E-state index in [4.69, 9.17) is 11.1 Å². The fraction of sp³-hybridized carbons (Fsp3) is 0.273. The van der Waals surface area contributed by atoms with Crippen LogP contribution < -0.4 is 0 Å². The molecule has 1 rings (SSSR count). The fourth-order valence-corrected chi connectivity index (χ4v) is 2.06. The van der Waals surface area contributed by atoms with Gasteiger partial charge in [-0.15, -0.1) is 0 Å². The van der Waals surface area contributed by atoms with Crippen LogP contribution in [0, 0.1) is 13.8 Å². The van der Waals surface area contributed by atoms with Crippen molar-refractivity contribution in [1.82, 2.24) is 0 Å². The summed E-state index contributed by atoms with van der Waals surface area (Å²) < 4.78 is 0. The van der Waals surface area contributed by atoms with Crippen molar-refractivity contribution in [2.24, 2.45) is 0 Å². The van der Waals surface area contributed by atoms with E-state index in [2.05, 4.69) is 44.2 Å². The van der Waals surface area contributed by atoms with Crippen molar-refractivity contribution in [2.45, 2.75) is 19.9 Å². The van der Waals surface area contributed by atoms with Gasteiger partial charge in [-0.2, -0.15) is 11.1 Å². The van der Waals surface area contributed by atoms with Crippen molar-refractivity contribution in [2.75, 3.05) is 0 Å². The van der Waals surface area contributed by atoms with Gasteiger partial charge in [-0.05, 0) is 25.5 Å². The molecule has 70 valence electrons. The third-order valence-electron chi connectivity index (χ3n) is 1.83. The van der Waals surface area contributed by atoms with E-state index in [1.807, 2.05) is 0 Å². The Morgan fingerprint density at radius 2 is 1.85 bits per heavy atom. The largest absolute Gasteiger partial charge is 0.176 e. The van der Waals surface area contributed by atoms with E-state index >= 15 is 0 Å². The molecule has 0 fully saturated rings. The second-order valence-corrected chi connectivity index (χ2v) is 5.39. The monoisotopic (exact) mass is 210 g/mol. The lowest BCUT2D eigenvalue weighted by atomic mass is 10.1. The van der Waals surface area contributed by atoms with Gasteiger partial charge in [-0.3, -0.25) is 0 Å². The standard InChI is InChI=1S/C11H15ClSi/c1-9-6-10(2)8-11(7-9)4-3-5-13-12/h3-4,6-8H,5,13H2,1-2H3. The summed E-state index contributed by atoms with van der Waals surface area (Å²) >= 11 is 5.72. The molecule has 0 heterocycles. The maximum absolute atomic E-state index is 5.72. The van der Waals surface area contributed by atoms with Crippen LogP contribution in [-0.4, -0.2) is 8.83 Å². The zero-order valence-electron chi connectivity index (χ0n) is 8.18. The Balaban J connectivity index is 2.77. The topological polar surface area (TPSA) is 0 Å². The first-order valence-electron chi connectivity index (χ1n) is 4.53. The molecule has 13 heavy (non-hydrogen) atoms. The van der Waals surface area contributed by atoms with Crippen LogP contribution in [0.4, 0.5) is 0 Å². The van der Waals surface area contributed by atoms with Crippen LogP contribution in [0.15, 0.2) is 24.3 Å². The van der Waals surface area contributed by atoms with Gasteiger partial charge < -0.3 is 0 Å². The first-order chi connectivity index (χ1) is 6.22. The number of aryl methyl sites for hydroxylation is 2. The quantitative estimate of drug-likeness (QED) is 0.532. The van der Waals surface area contributed by atoms with E-state index in [-0.39, 0.29) is 8.83 Å². The Morgan fingerprint density at radius 1 is 1.23 bits per heavy atom. The predicted octanol–water partition coefficient (Wildman–Crippen LogP) is 3.06. The highest BCUT2D eigenvalue weighted by molar-refractivity contribution is 6.93. The second kappa shape index (κ2) is 5.25. The molecule has 0 saturated carbocycles. The minimum Gasteiger partial charge on any atom is -0.176 e. The van der Waals surface area contributed by atoms with Gasteiger partial charge in [0.2, 0.25) is 0 Å². The Kier molecular flexibility index (Phi) is 4.26. The molecule has 2 heteroatoms. The predicted molar refractivity (Wildman–Crippen MR) is 64.2 cm³/mol. The SMILES string of the molecule is Cc1cc(C)cc(C=CC[SiH2]Cl)c1. The van der Waals surface area contributed by atoms with Gasteiger partial charge >= 0.3 is 0 Å². The van der Waals surface area contributed by atoms with Crippen molar-refractivity contribution in [3.63, 3.8) is 0 Å². The number of allylic oxidation sites excluding steroid dienone is 1. The average molecular weight is 211 g/mol. The fourth-order valence-electron chi connectivity index (χ4n) is 1.39. The van der Waals surface area contributed by atoms with Gasteiger partial charge in [0.05, 0.1) is 0 Å². The van der Waals surface area contributed by atoms with Gasteiger partial charge in [0.1, 0.15) is 8.83 Å². The summed E-state index contributed by atoms with van der Waals surface area (Å²) in [4.78, 5) is 0. The maximum Gasteiger partial charge on any atom is 0.129 e. The minimum atomic E-state index is -0.336. The second-order valence-electron chi connectivity index (χ2n) is 3.30. The molecule has 0 radical (unpaired) electrons. The molecule has 0 aliphatic rings. The molecule has 0 nitrogen and oxygen atoms in total. The Labute approximate surface area is 87.1 Å². The number of rotatable bonds is 3. The van der Waals surface area contributed by atoms with Crippen LogP contribution in [0.1, 0.15) is 16.7 Å². The first-order valence-corrected chi connectivity index (χ1v) is 7.67. The van der Waals surface area contributed by atoms with Crippen LogP contribution in [0.3, 0.4) is 0 Å². The minimum absolute atomic E-state index is 0.336. The molecule has 0 amide bonds. The molecule has 0 atom stereocenters. The van der Waals surface area contributed by atoms with Gasteiger partial charge in [-0.1, -0.05) is 41.5 Å². The molecule has 0 unspecified atom stereocenters. The van der Waals surface area contributed by atoms with Crippen LogP contribution in [0.5, 0.6) is 0 Å². The van der Waals surface area contributed by atoms with Crippen molar-refractivity contribution < 1.29 is 0 Å². The molecule has 0 saturated heterocycles. The van der Waals surface area contributed by atoms with Gasteiger partial charge in [0, 0.05) is 0 Å². The molecule has 0 spiro atoms. The van der Waals surface area contributed by atoms with E-state index in [0.717, 1.165) is 6.04 Å². The Bertz CT molecular complexity index is 285. The Hall–Kier alpha value is -0.533. The molecular formula is C11H15ClSi. The number of halogens is 1. The summed E-state index contributed by atoms with van der Waals surface area (Å²) in [7, 11) is -0.336. The lowest BCUT2D eigenvalue weighted by molar-refractivity contribution is 1.37. The lowest BCUT2D eigenvalue weighted by Crippen LogP contribution is -1.80. The van der Waals surface area contributed by atoms with E-state index in [0.29, 0.717) is 0 Å². The van der Waals surface area contributed by atoms with E-state index < -0.39 is 0 Å². The van der Waals surface area contributed by atoms with Crippen molar-refractivity contribution >= 4 is 26.0 Å². The van der Waals surface area contributed by atoms with Crippen LogP contribution in [-0.2, 0) is 0 Å². The lowest BCUT2D eigenvalue weighted by Gasteiger charge is -1.99. The molecule has 0 aliphatic heterocycles. The van der Waals surface area contributed by atoms with E-state index in [1.165, 1.54) is 16.7 Å². The molecule has 0 aromatic heterocycles. The average Bonchev–Trinajstić information content (AvgIpc) is 2.03.